The lowest BCUT2D eigenvalue weighted by Gasteiger charge is -2.35. The van der Waals surface area contributed by atoms with Crippen LogP contribution in [-0.4, -0.2) is 46.3 Å². The SMILES string of the molecule is CC[N+](CC)(CC)Cc1ccccc1.O=C(O)/C=C/C(=O)O. The van der Waals surface area contributed by atoms with Crippen LogP contribution in [0.15, 0.2) is 42.5 Å². The molecule has 22 heavy (non-hydrogen) atoms. The molecule has 0 saturated carbocycles. The Hall–Kier alpha value is -2.14. The second kappa shape index (κ2) is 10.6. The zero-order valence-corrected chi connectivity index (χ0v) is 13.5. The van der Waals surface area contributed by atoms with Gasteiger partial charge in [0.1, 0.15) is 6.54 Å². The zero-order chi connectivity index (χ0) is 17.0. The third-order valence-corrected chi connectivity index (χ3v) is 3.74. The number of rotatable bonds is 7. The maximum atomic E-state index is 9.55. The first-order valence-corrected chi connectivity index (χ1v) is 7.42. The fourth-order valence-electron chi connectivity index (χ4n) is 2.12. The first kappa shape index (κ1) is 19.9. The summed E-state index contributed by atoms with van der Waals surface area (Å²) in [7, 11) is 0. The van der Waals surface area contributed by atoms with Crippen molar-refractivity contribution in [1.29, 1.82) is 0 Å². The van der Waals surface area contributed by atoms with Crippen molar-refractivity contribution in [1.82, 2.24) is 0 Å². The van der Waals surface area contributed by atoms with Crippen LogP contribution in [0.25, 0.3) is 0 Å². The molecule has 0 aliphatic carbocycles. The van der Waals surface area contributed by atoms with Crippen LogP contribution in [0.5, 0.6) is 0 Å². The highest BCUT2D eigenvalue weighted by Gasteiger charge is 2.20. The van der Waals surface area contributed by atoms with Gasteiger partial charge in [0.2, 0.25) is 0 Å². The van der Waals surface area contributed by atoms with Gasteiger partial charge in [0, 0.05) is 17.7 Å². The molecule has 0 unspecified atom stereocenters. The van der Waals surface area contributed by atoms with Crippen molar-refractivity contribution in [3.63, 3.8) is 0 Å². The minimum Gasteiger partial charge on any atom is -0.478 e. The Bertz CT molecular complexity index is 454. The van der Waals surface area contributed by atoms with Gasteiger partial charge in [-0.1, -0.05) is 30.3 Å². The number of hydrogen-bond acceptors (Lipinski definition) is 2. The Morgan fingerprint density at radius 3 is 1.64 bits per heavy atom. The average molecular weight is 308 g/mol. The molecule has 0 aliphatic heterocycles. The number of hydrogen-bond donors (Lipinski definition) is 2. The van der Waals surface area contributed by atoms with E-state index < -0.39 is 11.9 Å². The first-order valence-electron chi connectivity index (χ1n) is 7.42. The molecule has 0 bridgehead atoms. The standard InChI is InChI=1S/C13H22N.C4H4O4/c1-4-14(5-2,6-3)12-13-10-8-7-9-11-13;5-3(6)1-2-4(7)8/h7-11H,4-6,12H2,1-3H3;1-2H,(H,5,6)(H,7,8)/q+1;/b;2-1+. The molecule has 0 heterocycles. The van der Waals surface area contributed by atoms with E-state index in [2.05, 4.69) is 51.1 Å². The predicted molar refractivity (Wildman–Crippen MR) is 86.4 cm³/mol. The molecule has 2 N–H and O–H groups in total. The Kier molecular flexibility index (Phi) is 9.54. The quantitative estimate of drug-likeness (QED) is 0.600. The van der Waals surface area contributed by atoms with E-state index >= 15 is 0 Å². The summed E-state index contributed by atoms with van der Waals surface area (Å²) in [6, 6.07) is 10.8. The molecule has 0 radical (unpaired) electrons. The monoisotopic (exact) mass is 308 g/mol. The number of quaternary nitrogens is 1. The van der Waals surface area contributed by atoms with Crippen LogP contribution in [0.1, 0.15) is 26.3 Å². The predicted octanol–water partition coefficient (Wildman–Crippen LogP) is 2.77. The molecule has 0 amide bonds. The highest BCUT2D eigenvalue weighted by molar-refractivity contribution is 5.89. The molecular formula is C17H26NO4+. The van der Waals surface area contributed by atoms with Gasteiger partial charge in [-0.15, -0.1) is 0 Å². The summed E-state index contributed by atoms with van der Waals surface area (Å²) >= 11 is 0. The number of aliphatic carboxylic acids is 2. The summed E-state index contributed by atoms with van der Waals surface area (Å²) in [4.78, 5) is 19.1. The van der Waals surface area contributed by atoms with Crippen molar-refractivity contribution in [3.05, 3.63) is 48.0 Å². The van der Waals surface area contributed by atoms with E-state index in [1.54, 1.807) is 0 Å². The molecule has 1 aromatic rings. The first-order chi connectivity index (χ1) is 10.4. The van der Waals surface area contributed by atoms with Crippen LogP contribution < -0.4 is 0 Å². The zero-order valence-electron chi connectivity index (χ0n) is 13.5. The van der Waals surface area contributed by atoms with Crippen LogP contribution in [0.4, 0.5) is 0 Å². The molecule has 5 heteroatoms. The molecule has 0 atom stereocenters. The third-order valence-electron chi connectivity index (χ3n) is 3.74. The van der Waals surface area contributed by atoms with Crippen molar-refractivity contribution in [2.75, 3.05) is 19.6 Å². The molecule has 0 fully saturated rings. The van der Waals surface area contributed by atoms with Gasteiger partial charge in [0.15, 0.2) is 0 Å². The summed E-state index contributed by atoms with van der Waals surface area (Å²) in [5, 5.41) is 15.6. The van der Waals surface area contributed by atoms with Gasteiger partial charge in [-0.2, -0.15) is 0 Å². The van der Waals surface area contributed by atoms with Crippen molar-refractivity contribution in [3.8, 4) is 0 Å². The molecule has 1 aromatic carbocycles. The highest BCUT2D eigenvalue weighted by Crippen LogP contribution is 2.13. The van der Waals surface area contributed by atoms with Crippen LogP contribution >= 0.6 is 0 Å². The van der Waals surface area contributed by atoms with Gasteiger partial charge in [0.25, 0.3) is 0 Å². The number of nitrogens with zero attached hydrogens (tertiary/aromatic N) is 1. The highest BCUT2D eigenvalue weighted by atomic mass is 16.4. The lowest BCUT2D eigenvalue weighted by Crippen LogP contribution is -2.46. The Morgan fingerprint density at radius 1 is 0.909 bits per heavy atom. The van der Waals surface area contributed by atoms with Gasteiger partial charge in [-0.3, -0.25) is 0 Å². The van der Waals surface area contributed by atoms with E-state index in [1.807, 2.05) is 0 Å². The number of carboxylic acid groups (broad SMARTS) is 2. The second-order valence-electron chi connectivity index (χ2n) is 4.94. The summed E-state index contributed by atoms with van der Waals surface area (Å²) in [5.41, 5.74) is 1.46. The van der Waals surface area contributed by atoms with E-state index in [1.165, 1.54) is 36.2 Å². The van der Waals surface area contributed by atoms with Crippen LogP contribution in [0, 0.1) is 0 Å². The largest absolute Gasteiger partial charge is 0.478 e. The molecule has 0 spiro atoms. The van der Waals surface area contributed by atoms with E-state index in [0.717, 1.165) is 0 Å². The number of carboxylic acids is 2. The van der Waals surface area contributed by atoms with E-state index in [4.69, 9.17) is 10.2 Å². The summed E-state index contributed by atoms with van der Waals surface area (Å²) in [5.74, 6) is -2.51. The van der Waals surface area contributed by atoms with Crippen molar-refractivity contribution >= 4 is 11.9 Å². The molecule has 1 rings (SSSR count). The Balaban J connectivity index is 0.000000472. The normalized spacial score (nSPS) is 10.9. The molecule has 5 nitrogen and oxygen atoms in total. The second-order valence-corrected chi connectivity index (χ2v) is 4.94. The van der Waals surface area contributed by atoms with Crippen molar-refractivity contribution < 1.29 is 24.3 Å². The van der Waals surface area contributed by atoms with Gasteiger partial charge in [-0.05, 0) is 20.8 Å². The average Bonchev–Trinajstić information content (AvgIpc) is 2.52. The van der Waals surface area contributed by atoms with Crippen molar-refractivity contribution in [2.24, 2.45) is 0 Å². The molecule has 0 aliphatic rings. The molecular weight excluding hydrogens is 282 g/mol. The van der Waals surface area contributed by atoms with Gasteiger partial charge in [0.05, 0.1) is 19.6 Å². The molecule has 122 valence electrons. The van der Waals surface area contributed by atoms with Gasteiger partial charge >= 0.3 is 11.9 Å². The molecule has 0 saturated heterocycles. The van der Waals surface area contributed by atoms with Crippen LogP contribution in [-0.2, 0) is 16.1 Å². The van der Waals surface area contributed by atoms with E-state index in [0.29, 0.717) is 12.2 Å². The van der Waals surface area contributed by atoms with Crippen LogP contribution in [0.2, 0.25) is 0 Å². The van der Waals surface area contributed by atoms with Crippen LogP contribution in [0.3, 0.4) is 0 Å². The lowest BCUT2D eigenvalue weighted by atomic mass is 10.2. The third kappa shape index (κ3) is 8.21. The maximum absolute atomic E-state index is 9.55. The fourth-order valence-corrected chi connectivity index (χ4v) is 2.12. The summed E-state index contributed by atoms with van der Waals surface area (Å²) < 4.78 is 1.20. The summed E-state index contributed by atoms with van der Waals surface area (Å²) in [6.45, 7) is 11.7. The number of benzene rings is 1. The van der Waals surface area contributed by atoms with Gasteiger partial charge < -0.3 is 14.7 Å². The minimum atomic E-state index is -1.26. The van der Waals surface area contributed by atoms with Gasteiger partial charge in [-0.25, -0.2) is 9.59 Å². The smallest absolute Gasteiger partial charge is 0.328 e. The Labute approximate surface area is 132 Å². The Morgan fingerprint density at radius 2 is 1.32 bits per heavy atom. The maximum Gasteiger partial charge on any atom is 0.328 e. The number of carbonyl (C=O) groups is 2. The van der Waals surface area contributed by atoms with Crippen molar-refractivity contribution in [2.45, 2.75) is 27.3 Å². The van der Waals surface area contributed by atoms with E-state index in [-0.39, 0.29) is 0 Å². The minimum absolute atomic E-state index is 0.558. The summed E-state index contributed by atoms with van der Waals surface area (Å²) in [6.07, 6.45) is 1.12. The lowest BCUT2D eigenvalue weighted by molar-refractivity contribution is -0.936. The fraction of sp³-hybridized carbons (Fsp3) is 0.412. The molecule has 0 aromatic heterocycles. The topological polar surface area (TPSA) is 74.6 Å². The van der Waals surface area contributed by atoms with E-state index in [9.17, 15) is 9.59 Å².